The molecular formula is C6H18F2N2. The standard InChI is InChI=1S/C6H16N2.2FH/c1-7(2)5-6-8(3)4;;/h5-6H2,1-4H3;2*1H. The van der Waals surface area contributed by atoms with Crippen molar-refractivity contribution in [2.75, 3.05) is 41.3 Å². The van der Waals surface area contributed by atoms with E-state index in [0.29, 0.717) is 0 Å². The highest BCUT2D eigenvalue weighted by Gasteiger charge is 1.89. The Hall–Kier alpha value is -0.220. The summed E-state index contributed by atoms with van der Waals surface area (Å²) in [7, 11) is 8.35. The highest BCUT2D eigenvalue weighted by Crippen LogP contribution is 1.76. The van der Waals surface area contributed by atoms with Crippen LogP contribution in [0.15, 0.2) is 0 Å². The summed E-state index contributed by atoms with van der Waals surface area (Å²) < 4.78 is 0. The van der Waals surface area contributed by atoms with Gasteiger partial charge in [0.15, 0.2) is 0 Å². The van der Waals surface area contributed by atoms with Gasteiger partial charge >= 0.3 is 0 Å². The van der Waals surface area contributed by atoms with E-state index in [2.05, 4.69) is 38.0 Å². The zero-order valence-electron chi connectivity index (χ0n) is 7.13. The molecule has 0 unspecified atom stereocenters. The van der Waals surface area contributed by atoms with Gasteiger partial charge in [0, 0.05) is 13.1 Å². The lowest BCUT2D eigenvalue weighted by molar-refractivity contribution is 0.320. The molecule has 0 aromatic heterocycles. The van der Waals surface area contributed by atoms with Crippen molar-refractivity contribution >= 4 is 0 Å². The molecule has 0 fully saturated rings. The van der Waals surface area contributed by atoms with Crippen LogP contribution in [-0.2, 0) is 0 Å². The molecule has 0 radical (unpaired) electrons. The predicted molar refractivity (Wildman–Crippen MR) is 42.1 cm³/mol. The smallest absolute Gasteiger partial charge is 0.0103 e. The van der Waals surface area contributed by atoms with Gasteiger partial charge < -0.3 is 9.80 Å². The molecule has 0 heterocycles. The van der Waals surface area contributed by atoms with Crippen molar-refractivity contribution in [1.29, 1.82) is 0 Å². The highest BCUT2D eigenvalue weighted by molar-refractivity contribution is 4.45. The molecule has 0 spiro atoms. The van der Waals surface area contributed by atoms with Gasteiger partial charge in [0.05, 0.1) is 0 Å². The lowest BCUT2D eigenvalue weighted by Crippen LogP contribution is -2.25. The largest absolute Gasteiger partial charge is 0.308 e. The van der Waals surface area contributed by atoms with Crippen LogP contribution in [0.25, 0.3) is 0 Å². The van der Waals surface area contributed by atoms with Crippen molar-refractivity contribution in [3.63, 3.8) is 0 Å². The summed E-state index contributed by atoms with van der Waals surface area (Å²) in [6.45, 7) is 2.29. The summed E-state index contributed by atoms with van der Waals surface area (Å²) >= 11 is 0. The maximum absolute atomic E-state index is 2.18. The van der Waals surface area contributed by atoms with Crippen molar-refractivity contribution in [1.82, 2.24) is 9.80 Å². The maximum atomic E-state index is 2.18. The number of rotatable bonds is 3. The van der Waals surface area contributed by atoms with Crippen molar-refractivity contribution in [2.45, 2.75) is 0 Å². The minimum absolute atomic E-state index is 0. The average Bonchev–Trinajstić information content (AvgIpc) is 1.61. The van der Waals surface area contributed by atoms with Crippen LogP contribution in [0, 0.1) is 0 Å². The van der Waals surface area contributed by atoms with Gasteiger partial charge in [-0.05, 0) is 28.2 Å². The third-order valence-electron chi connectivity index (χ3n) is 0.994. The van der Waals surface area contributed by atoms with Crippen LogP contribution in [0.2, 0.25) is 0 Å². The molecular weight excluding hydrogens is 138 g/mol. The Labute approximate surface area is 61.5 Å². The van der Waals surface area contributed by atoms with Gasteiger partial charge in [-0.3, -0.25) is 9.41 Å². The van der Waals surface area contributed by atoms with Crippen LogP contribution in [0.3, 0.4) is 0 Å². The first kappa shape index (κ1) is 16.4. The molecule has 0 aliphatic carbocycles. The van der Waals surface area contributed by atoms with Crippen LogP contribution in [0.5, 0.6) is 0 Å². The van der Waals surface area contributed by atoms with Crippen LogP contribution < -0.4 is 0 Å². The fourth-order valence-corrected chi connectivity index (χ4v) is 0.400. The van der Waals surface area contributed by atoms with Gasteiger partial charge in [-0.1, -0.05) is 0 Å². The van der Waals surface area contributed by atoms with Gasteiger partial charge in [-0.15, -0.1) is 0 Å². The lowest BCUT2D eigenvalue weighted by atomic mass is 10.5. The quantitative estimate of drug-likeness (QED) is 0.584. The lowest BCUT2D eigenvalue weighted by Gasteiger charge is -2.13. The first-order valence-electron chi connectivity index (χ1n) is 2.92. The zero-order chi connectivity index (χ0) is 6.57. The van der Waals surface area contributed by atoms with Crippen LogP contribution in [-0.4, -0.2) is 51.1 Å². The molecule has 0 aliphatic rings. The second kappa shape index (κ2) is 8.78. The summed E-state index contributed by atoms with van der Waals surface area (Å²) in [5, 5.41) is 0. The monoisotopic (exact) mass is 156 g/mol. The fourth-order valence-electron chi connectivity index (χ4n) is 0.400. The molecule has 0 bridgehead atoms. The van der Waals surface area contributed by atoms with E-state index in [1.54, 1.807) is 0 Å². The molecule has 4 heteroatoms. The summed E-state index contributed by atoms with van der Waals surface area (Å²) in [6, 6.07) is 0. The first-order valence-corrected chi connectivity index (χ1v) is 2.92. The average molecular weight is 156 g/mol. The van der Waals surface area contributed by atoms with Gasteiger partial charge in [0.2, 0.25) is 0 Å². The van der Waals surface area contributed by atoms with Crippen LogP contribution in [0.4, 0.5) is 9.41 Å². The maximum Gasteiger partial charge on any atom is 0.0103 e. The number of hydrogen-bond donors (Lipinski definition) is 0. The number of likely N-dealkylation sites (N-methyl/N-ethyl adjacent to an activating group) is 2. The zero-order valence-corrected chi connectivity index (χ0v) is 7.13. The predicted octanol–water partition coefficient (Wildman–Crippen LogP) is 0.415. The number of nitrogens with zero attached hydrogens (tertiary/aromatic N) is 2. The Morgan fingerprint density at radius 2 is 0.900 bits per heavy atom. The Kier molecular flexibility index (Phi) is 14.4. The molecule has 0 aromatic rings. The molecule has 66 valence electrons. The van der Waals surface area contributed by atoms with E-state index in [9.17, 15) is 0 Å². The number of hydrogen-bond acceptors (Lipinski definition) is 2. The topological polar surface area (TPSA) is 6.48 Å². The molecule has 0 rings (SSSR count). The Morgan fingerprint density at radius 1 is 0.700 bits per heavy atom. The van der Waals surface area contributed by atoms with Gasteiger partial charge in [0.1, 0.15) is 0 Å². The van der Waals surface area contributed by atoms with E-state index in [0.717, 1.165) is 13.1 Å². The van der Waals surface area contributed by atoms with Gasteiger partial charge in [-0.2, -0.15) is 0 Å². The second-order valence-corrected chi connectivity index (χ2v) is 2.61. The Morgan fingerprint density at radius 3 is 1.00 bits per heavy atom. The van der Waals surface area contributed by atoms with Crippen LogP contribution >= 0.6 is 0 Å². The van der Waals surface area contributed by atoms with E-state index < -0.39 is 0 Å². The molecule has 0 N–H and O–H groups in total. The molecule has 0 aliphatic heterocycles. The van der Waals surface area contributed by atoms with Crippen molar-refractivity contribution in [3.8, 4) is 0 Å². The molecule has 0 aromatic carbocycles. The minimum atomic E-state index is 0. The van der Waals surface area contributed by atoms with Crippen molar-refractivity contribution in [2.24, 2.45) is 0 Å². The summed E-state index contributed by atoms with van der Waals surface area (Å²) in [5.41, 5.74) is 0. The van der Waals surface area contributed by atoms with E-state index in [1.165, 1.54) is 0 Å². The first-order chi connectivity index (χ1) is 3.63. The minimum Gasteiger partial charge on any atom is -0.308 e. The normalized spacial score (nSPS) is 9.00. The van der Waals surface area contributed by atoms with Crippen molar-refractivity contribution in [3.05, 3.63) is 0 Å². The molecule has 0 amide bonds. The summed E-state index contributed by atoms with van der Waals surface area (Å²) in [6.07, 6.45) is 0. The van der Waals surface area contributed by atoms with E-state index in [4.69, 9.17) is 0 Å². The Balaban J connectivity index is -0.000000245. The van der Waals surface area contributed by atoms with E-state index in [-0.39, 0.29) is 9.41 Å². The van der Waals surface area contributed by atoms with Gasteiger partial charge in [-0.25, -0.2) is 0 Å². The summed E-state index contributed by atoms with van der Waals surface area (Å²) in [5.74, 6) is 0. The highest BCUT2D eigenvalue weighted by atomic mass is 19.0. The van der Waals surface area contributed by atoms with Crippen LogP contribution in [0.1, 0.15) is 0 Å². The number of halogens is 2. The van der Waals surface area contributed by atoms with Gasteiger partial charge in [0.25, 0.3) is 0 Å². The van der Waals surface area contributed by atoms with Crippen molar-refractivity contribution < 1.29 is 9.41 Å². The Bertz CT molecular complexity index is 49.7. The molecule has 0 saturated carbocycles. The SMILES string of the molecule is CN(C)CCN(C)C.F.F. The molecule has 10 heavy (non-hydrogen) atoms. The molecule has 2 nitrogen and oxygen atoms in total. The fraction of sp³-hybridized carbons (Fsp3) is 1.00. The second-order valence-electron chi connectivity index (χ2n) is 2.61. The third-order valence-corrected chi connectivity index (χ3v) is 0.994. The summed E-state index contributed by atoms with van der Waals surface area (Å²) in [4.78, 5) is 4.36. The van der Waals surface area contributed by atoms with E-state index >= 15 is 0 Å². The molecule has 0 saturated heterocycles. The third kappa shape index (κ3) is 15.7. The van der Waals surface area contributed by atoms with E-state index in [1.807, 2.05) is 0 Å². The molecule has 0 atom stereocenters.